The minimum Gasteiger partial charge on any atom is -0.199 e. The Kier molecular flexibility index (Phi) is 3.27. The second kappa shape index (κ2) is 3.92. The number of alkyl halides is 7. The van der Waals surface area contributed by atoms with Crippen LogP contribution in [0.15, 0.2) is 12.2 Å². The highest BCUT2D eigenvalue weighted by atomic mass is 19.4. The summed E-state index contributed by atoms with van der Waals surface area (Å²) in [7, 11) is 0. The van der Waals surface area contributed by atoms with Crippen LogP contribution < -0.4 is 0 Å². The molecule has 1 atom stereocenters. The lowest BCUT2D eigenvalue weighted by Gasteiger charge is -2.33. The number of halogens is 7. The van der Waals surface area contributed by atoms with Gasteiger partial charge < -0.3 is 0 Å². The van der Waals surface area contributed by atoms with Crippen molar-refractivity contribution in [3.63, 3.8) is 0 Å². The van der Waals surface area contributed by atoms with E-state index in [0.29, 0.717) is 6.42 Å². The van der Waals surface area contributed by atoms with E-state index in [2.05, 4.69) is 0 Å². The first-order valence-electron chi connectivity index (χ1n) is 4.59. The molecular formula is C9H9F7. The van der Waals surface area contributed by atoms with Crippen LogP contribution in [-0.4, -0.2) is 18.0 Å². The van der Waals surface area contributed by atoms with Gasteiger partial charge in [0.05, 0.1) is 0 Å². The average Bonchev–Trinajstić information content (AvgIpc) is 2.17. The van der Waals surface area contributed by atoms with E-state index >= 15 is 0 Å². The van der Waals surface area contributed by atoms with E-state index in [1.165, 1.54) is 6.08 Å². The predicted octanol–water partition coefficient (Wildman–Crippen LogP) is 4.18. The quantitative estimate of drug-likeness (QED) is 0.509. The summed E-state index contributed by atoms with van der Waals surface area (Å²) in [6.07, 6.45) is -4.05. The zero-order valence-electron chi connectivity index (χ0n) is 8.00. The lowest BCUT2D eigenvalue weighted by Crippen LogP contribution is -2.55. The maximum Gasteiger partial charge on any atom is 0.459 e. The van der Waals surface area contributed by atoms with Crippen LogP contribution in [0, 0.1) is 5.92 Å². The van der Waals surface area contributed by atoms with Crippen LogP contribution in [0.4, 0.5) is 30.7 Å². The van der Waals surface area contributed by atoms with Gasteiger partial charge >= 0.3 is 18.0 Å². The molecule has 1 unspecified atom stereocenters. The first-order valence-corrected chi connectivity index (χ1v) is 4.59. The Bertz CT molecular complexity index is 276. The van der Waals surface area contributed by atoms with Crippen molar-refractivity contribution in [1.29, 1.82) is 0 Å². The largest absolute Gasteiger partial charge is 0.459 e. The van der Waals surface area contributed by atoms with E-state index < -0.39 is 23.9 Å². The van der Waals surface area contributed by atoms with E-state index in [9.17, 15) is 30.7 Å². The van der Waals surface area contributed by atoms with Crippen LogP contribution in [0.1, 0.15) is 19.3 Å². The minimum absolute atomic E-state index is 0.185. The normalized spacial score (nSPS) is 23.6. The molecule has 0 bridgehead atoms. The molecule has 0 aliphatic heterocycles. The molecule has 0 aromatic rings. The lowest BCUT2D eigenvalue weighted by molar-refractivity contribution is -0.363. The maximum absolute atomic E-state index is 13.1. The molecule has 0 radical (unpaired) electrons. The van der Waals surface area contributed by atoms with Gasteiger partial charge in [-0.1, -0.05) is 12.2 Å². The number of rotatable bonds is 2. The van der Waals surface area contributed by atoms with Crippen LogP contribution in [-0.2, 0) is 0 Å². The molecule has 1 rings (SSSR count). The molecule has 0 saturated heterocycles. The Labute approximate surface area is 87.1 Å². The Morgan fingerprint density at radius 3 is 1.88 bits per heavy atom. The fourth-order valence-electron chi connectivity index (χ4n) is 1.54. The molecule has 0 saturated carbocycles. The van der Waals surface area contributed by atoms with Crippen molar-refractivity contribution in [3.05, 3.63) is 12.2 Å². The van der Waals surface area contributed by atoms with Crippen molar-refractivity contribution in [2.45, 2.75) is 37.3 Å². The third-order valence-corrected chi connectivity index (χ3v) is 2.49. The van der Waals surface area contributed by atoms with Crippen molar-refractivity contribution in [3.8, 4) is 0 Å². The third-order valence-electron chi connectivity index (χ3n) is 2.49. The highest BCUT2D eigenvalue weighted by molar-refractivity contribution is 5.05. The molecule has 0 aromatic heterocycles. The van der Waals surface area contributed by atoms with Gasteiger partial charge in [-0.25, -0.2) is 0 Å². The molecule has 1 aliphatic carbocycles. The second-order valence-corrected chi connectivity index (χ2v) is 3.66. The summed E-state index contributed by atoms with van der Waals surface area (Å²) in [4.78, 5) is 0. The van der Waals surface area contributed by atoms with E-state index in [0.717, 1.165) is 6.08 Å². The van der Waals surface area contributed by atoms with Crippen molar-refractivity contribution in [2.24, 2.45) is 5.92 Å². The summed E-state index contributed by atoms with van der Waals surface area (Å²) in [5.41, 5.74) is 0. The molecule has 0 nitrogen and oxygen atoms in total. The van der Waals surface area contributed by atoms with Crippen LogP contribution >= 0.6 is 0 Å². The average molecular weight is 250 g/mol. The standard InChI is InChI=1S/C9H9F7/c10-7(11,6-4-2-1-3-5-6)8(12,13)9(14,15)16/h2,4,6H,1,3,5H2. The van der Waals surface area contributed by atoms with Gasteiger partial charge in [-0.05, 0) is 19.3 Å². The van der Waals surface area contributed by atoms with Gasteiger partial charge in [0.2, 0.25) is 0 Å². The van der Waals surface area contributed by atoms with Gasteiger partial charge in [0.25, 0.3) is 0 Å². The Balaban J connectivity index is 2.99. The first kappa shape index (κ1) is 13.3. The fraction of sp³-hybridized carbons (Fsp3) is 0.778. The first-order chi connectivity index (χ1) is 7.11. The summed E-state index contributed by atoms with van der Waals surface area (Å²) in [6.45, 7) is 0. The van der Waals surface area contributed by atoms with Crippen molar-refractivity contribution >= 4 is 0 Å². The smallest absolute Gasteiger partial charge is 0.199 e. The molecule has 16 heavy (non-hydrogen) atoms. The Hall–Kier alpha value is -0.750. The van der Waals surface area contributed by atoms with Crippen LogP contribution in [0.5, 0.6) is 0 Å². The van der Waals surface area contributed by atoms with E-state index in [1.54, 1.807) is 0 Å². The van der Waals surface area contributed by atoms with Crippen molar-refractivity contribution in [2.75, 3.05) is 0 Å². The van der Waals surface area contributed by atoms with Crippen molar-refractivity contribution in [1.82, 2.24) is 0 Å². The van der Waals surface area contributed by atoms with Crippen LogP contribution in [0.2, 0.25) is 0 Å². The monoisotopic (exact) mass is 250 g/mol. The molecule has 94 valence electrons. The SMILES string of the molecule is FC(F)(F)C(F)(F)C(F)(F)C1C=CCCC1. The molecule has 1 aliphatic rings. The van der Waals surface area contributed by atoms with Crippen molar-refractivity contribution < 1.29 is 30.7 Å². The third kappa shape index (κ3) is 2.04. The van der Waals surface area contributed by atoms with Gasteiger partial charge in [0.1, 0.15) is 0 Å². The molecule has 0 aromatic carbocycles. The molecule has 7 heteroatoms. The minimum atomic E-state index is -6.23. The molecule has 0 spiro atoms. The molecule has 0 heterocycles. The molecule has 0 fully saturated rings. The fourth-order valence-corrected chi connectivity index (χ4v) is 1.54. The Morgan fingerprint density at radius 1 is 0.938 bits per heavy atom. The zero-order valence-corrected chi connectivity index (χ0v) is 8.00. The summed E-state index contributed by atoms with van der Waals surface area (Å²) in [6, 6.07) is 0. The zero-order chi connectivity index (χ0) is 12.6. The van der Waals surface area contributed by atoms with Gasteiger partial charge in [-0.3, -0.25) is 0 Å². The molecular weight excluding hydrogens is 241 g/mol. The Morgan fingerprint density at radius 2 is 1.50 bits per heavy atom. The predicted molar refractivity (Wildman–Crippen MR) is 42.4 cm³/mol. The number of allylic oxidation sites excluding steroid dienone is 2. The highest BCUT2D eigenvalue weighted by Gasteiger charge is 2.74. The van der Waals surface area contributed by atoms with E-state index in [-0.39, 0.29) is 12.8 Å². The van der Waals surface area contributed by atoms with Crippen LogP contribution in [0.25, 0.3) is 0 Å². The van der Waals surface area contributed by atoms with Gasteiger partial charge in [0.15, 0.2) is 0 Å². The summed E-state index contributed by atoms with van der Waals surface area (Å²) < 4.78 is 86.8. The highest BCUT2D eigenvalue weighted by Crippen LogP contribution is 2.51. The summed E-state index contributed by atoms with van der Waals surface area (Å²) in [5.74, 6) is -13.1. The van der Waals surface area contributed by atoms with E-state index in [1.807, 2.05) is 0 Å². The summed E-state index contributed by atoms with van der Waals surface area (Å²) in [5, 5.41) is 0. The van der Waals surface area contributed by atoms with Crippen LogP contribution in [0.3, 0.4) is 0 Å². The van der Waals surface area contributed by atoms with E-state index in [4.69, 9.17) is 0 Å². The number of hydrogen-bond acceptors (Lipinski definition) is 0. The topological polar surface area (TPSA) is 0 Å². The van der Waals surface area contributed by atoms with Gasteiger partial charge in [-0.2, -0.15) is 30.7 Å². The summed E-state index contributed by atoms with van der Waals surface area (Å²) >= 11 is 0. The van der Waals surface area contributed by atoms with Gasteiger partial charge in [-0.15, -0.1) is 0 Å². The maximum atomic E-state index is 13.1. The molecule has 0 N–H and O–H groups in total. The molecule has 0 amide bonds. The lowest BCUT2D eigenvalue weighted by atomic mass is 9.87. The second-order valence-electron chi connectivity index (χ2n) is 3.66. The van der Waals surface area contributed by atoms with Gasteiger partial charge in [0, 0.05) is 5.92 Å². The number of hydrogen-bond donors (Lipinski definition) is 0.